The predicted octanol–water partition coefficient (Wildman–Crippen LogP) is 2.47. The lowest BCUT2D eigenvalue weighted by Gasteiger charge is -2.26. The smallest absolute Gasteiger partial charge is 0.137 e. The van der Waals surface area contributed by atoms with Gasteiger partial charge in [-0.25, -0.2) is 4.39 Å². The van der Waals surface area contributed by atoms with Crippen LogP contribution in [0.4, 0.5) is 4.39 Å². The van der Waals surface area contributed by atoms with E-state index in [1.807, 2.05) is 6.07 Å². The van der Waals surface area contributed by atoms with Crippen LogP contribution in [0.5, 0.6) is 0 Å². The van der Waals surface area contributed by atoms with Crippen LogP contribution in [0.2, 0.25) is 0 Å². The molecule has 0 saturated carbocycles. The van der Waals surface area contributed by atoms with E-state index >= 15 is 0 Å². The molecule has 1 aromatic rings. The minimum atomic E-state index is -0.242. The summed E-state index contributed by atoms with van der Waals surface area (Å²) in [6.45, 7) is 3.03. The van der Waals surface area contributed by atoms with E-state index in [9.17, 15) is 4.39 Å². The Bertz CT molecular complexity index is 422. The number of nitrogens with one attached hydrogen (secondary N) is 1. The third-order valence-electron chi connectivity index (χ3n) is 3.64. The number of aliphatic hydroxyl groups excluding tert-OH is 1. The second-order valence-electron chi connectivity index (χ2n) is 5.13. The topological polar surface area (TPSA) is 41.5 Å². The lowest BCUT2D eigenvalue weighted by Crippen LogP contribution is -2.35. The van der Waals surface area contributed by atoms with Crippen LogP contribution in [0.15, 0.2) is 22.7 Å². The third-order valence-corrected chi connectivity index (χ3v) is 4.28. The molecule has 19 heavy (non-hydrogen) atoms. The Balaban J connectivity index is 1.86. The summed E-state index contributed by atoms with van der Waals surface area (Å²) in [4.78, 5) is 0. The molecule has 1 heterocycles. The Labute approximate surface area is 121 Å². The zero-order chi connectivity index (χ0) is 13.7. The highest BCUT2D eigenvalue weighted by Crippen LogP contribution is 2.31. The minimum Gasteiger partial charge on any atom is -0.396 e. The first-order valence-electron chi connectivity index (χ1n) is 6.48. The highest BCUT2D eigenvalue weighted by Gasteiger charge is 2.33. The normalized spacial score (nSPS) is 22.9. The van der Waals surface area contributed by atoms with Gasteiger partial charge in [-0.2, -0.15) is 0 Å². The SMILES string of the molecule is OCCC1(CNCc2ccc(Br)c(F)c2)CCOC1. The number of hydrogen-bond donors (Lipinski definition) is 2. The molecule has 3 nitrogen and oxygen atoms in total. The van der Waals surface area contributed by atoms with E-state index in [-0.39, 0.29) is 17.8 Å². The maximum absolute atomic E-state index is 13.4. The van der Waals surface area contributed by atoms with Gasteiger partial charge in [0.15, 0.2) is 0 Å². The van der Waals surface area contributed by atoms with Crippen molar-refractivity contribution in [3.63, 3.8) is 0 Å². The molecule has 1 atom stereocenters. The summed E-state index contributed by atoms with van der Waals surface area (Å²) in [5.41, 5.74) is 0.946. The summed E-state index contributed by atoms with van der Waals surface area (Å²) in [5, 5.41) is 12.5. The summed E-state index contributed by atoms with van der Waals surface area (Å²) >= 11 is 3.14. The van der Waals surface area contributed by atoms with Gasteiger partial charge in [-0.05, 0) is 46.5 Å². The number of aliphatic hydroxyl groups is 1. The van der Waals surface area contributed by atoms with Crippen LogP contribution in [0.3, 0.4) is 0 Å². The molecule has 2 rings (SSSR count). The van der Waals surface area contributed by atoms with Crippen molar-refractivity contribution in [2.24, 2.45) is 5.41 Å². The third kappa shape index (κ3) is 3.99. The largest absolute Gasteiger partial charge is 0.396 e. The van der Waals surface area contributed by atoms with Crippen LogP contribution < -0.4 is 5.32 Å². The molecule has 0 radical (unpaired) electrons. The number of rotatable bonds is 6. The monoisotopic (exact) mass is 331 g/mol. The Hall–Kier alpha value is -0.490. The van der Waals surface area contributed by atoms with Crippen molar-refractivity contribution in [3.8, 4) is 0 Å². The molecule has 0 aromatic heterocycles. The van der Waals surface area contributed by atoms with Crippen LogP contribution in [-0.2, 0) is 11.3 Å². The molecule has 0 amide bonds. The van der Waals surface area contributed by atoms with Crippen LogP contribution in [0.25, 0.3) is 0 Å². The molecule has 1 aromatic carbocycles. The van der Waals surface area contributed by atoms with Gasteiger partial charge in [-0.3, -0.25) is 0 Å². The van der Waals surface area contributed by atoms with Crippen molar-refractivity contribution in [2.75, 3.05) is 26.4 Å². The van der Waals surface area contributed by atoms with Gasteiger partial charge >= 0.3 is 0 Å². The molecule has 0 aliphatic carbocycles. The van der Waals surface area contributed by atoms with E-state index in [0.29, 0.717) is 17.6 Å². The van der Waals surface area contributed by atoms with E-state index in [1.54, 1.807) is 6.07 Å². The van der Waals surface area contributed by atoms with Gasteiger partial charge in [-0.1, -0.05) is 6.07 Å². The second kappa shape index (κ2) is 6.79. The quantitative estimate of drug-likeness (QED) is 0.841. The summed E-state index contributed by atoms with van der Waals surface area (Å²) in [5.74, 6) is -0.242. The number of benzene rings is 1. The Morgan fingerprint density at radius 2 is 2.32 bits per heavy atom. The Morgan fingerprint density at radius 3 is 2.95 bits per heavy atom. The average Bonchev–Trinajstić information content (AvgIpc) is 2.83. The zero-order valence-corrected chi connectivity index (χ0v) is 12.4. The summed E-state index contributed by atoms with van der Waals surface area (Å²) in [7, 11) is 0. The van der Waals surface area contributed by atoms with E-state index < -0.39 is 0 Å². The molecule has 1 unspecified atom stereocenters. The summed E-state index contributed by atoms with van der Waals surface area (Å²) < 4.78 is 19.3. The molecular weight excluding hydrogens is 313 g/mol. The fourth-order valence-corrected chi connectivity index (χ4v) is 2.68. The van der Waals surface area contributed by atoms with Gasteiger partial charge in [0, 0.05) is 31.7 Å². The first kappa shape index (κ1) is 14.9. The van der Waals surface area contributed by atoms with Gasteiger partial charge in [0.1, 0.15) is 5.82 Å². The summed E-state index contributed by atoms with van der Waals surface area (Å²) in [6, 6.07) is 5.14. The molecule has 1 aliphatic heterocycles. The van der Waals surface area contributed by atoms with Gasteiger partial charge in [-0.15, -0.1) is 0 Å². The van der Waals surface area contributed by atoms with Crippen molar-refractivity contribution in [1.29, 1.82) is 0 Å². The molecule has 1 aliphatic rings. The number of hydrogen-bond acceptors (Lipinski definition) is 3. The maximum Gasteiger partial charge on any atom is 0.137 e. The number of halogens is 2. The Morgan fingerprint density at radius 1 is 1.47 bits per heavy atom. The lowest BCUT2D eigenvalue weighted by molar-refractivity contribution is 0.124. The van der Waals surface area contributed by atoms with Crippen molar-refractivity contribution in [3.05, 3.63) is 34.1 Å². The minimum absolute atomic E-state index is 0.0304. The van der Waals surface area contributed by atoms with Crippen LogP contribution in [0, 0.1) is 11.2 Å². The van der Waals surface area contributed by atoms with Crippen molar-refractivity contribution in [1.82, 2.24) is 5.32 Å². The highest BCUT2D eigenvalue weighted by molar-refractivity contribution is 9.10. The standard InChI is InChI=1S/C14H19BrFNO2/c15-12-2-1-11(7-13(12)16)8-17-9-14(3-5-18)4-6-19-10-14/h1-2,7,17-18H,3-6,8-10H2. The second-order valence-corrected chi connectivity index (χ2v) is 5.98. The van der Waals surface area contributed by atoms with E-state index in [0.717, 1.165) is 31.6 Å². The van der Waals surface area contributed by atoms with E-state index in [2.05, 4.69) is 21.2 Å². The molecule has 1 fully saturated rings. The highest BCUT2D eigenvalue weighted by atomic mass is 79.9. The molecule has 1 saturated heterocycles. The zero-order valence-electron chi connectivity index (χ0n) is 10.8. The molecule has 0 spiro atoms. The van der Waals surface area contributed by atoms with E-state index in [4.69, 9.17) is 9.84 Å². The summed E-state index contributed by atoms with van der Waals surface area (Å²) in [6.07, 6.45) is 1.71. The molecule has 5 heteroatoms. The van der Waals surface area contributed by atoms with Gasteiger partial charge < -0.3 is 15.2 Å². The Kier molecular flexibility index (Phi) is 5.33. The number of ether oxygens (including phenoxy) is 1. The van der Waals surface area contributed by atoms with Crippen LogP contribution in [-0.4, -0.2) is 31.5 Å². The van der Waals surface area contributed by atoms with Gasteiger partial charge in [0.25, 0.3) is 0 Å². The maximum atomic E-state index is 13.4. The lowest BCUT2D eigenvalue weighted by atomic mass is 9.84. The first-order valence-corrected chi connectivity index (χ1v) is 7.28. The van der Waals surface area contributed by atoms with Gasteiger partial charge in [0.2, 0.25) is 0 Å². The van der Waals surface area contributed by atoms with Crippen molar-refractivity contribution >= 4 is 15.9 Å². The predicted molar refractivity (Wildman–Crippen MR) is 75.4 cm³/mol. The van der Waals surface area contributed by atoms with Crippen molar-refractivity contribution < 1.29 is 14.2 Å². The molecule has 0 bridgehead atoms. The first-order chi connectivity index (χ1) is 9.15. The molecular formula is C14H19BrFNO2. The van der Waals surface area contributed by atoms with Crippen LogP contribution >= 0.6 is 15.9 Å². The van der Waals surface area contributed by atoms with E-state index in [1.165, 1.54) is 6.07 Å². The average molecular weight is 332 g/mol. The van der Waals surface area contributed by atoms with Crippen LogP contribution in [0.1, 0.15) is 18.4 Å². The molecule has 2 N–H and O–H groups in total. The fourth-order valence-electron chi connectivity index (χ4n) is 2.43. The van der Waals surface area contributed by atoms with Gasteiger partial charge in [0.05, 0.1) is 11.1 Å². The fraction of sp³-hybridized carbons (Fsp3) is 0.571. The molecule has 106 valence electrons. The van der Waals surface area contributed by atoms with Crippen molar-refractivity contribution in [2.45, 2.75) is 19.4 Å².